The average Bonchev–Trinajstić information content (AvgIpc) is 2.93. The highest BCUT2D eigenvalue weighted by Gasteiger charge is 2.39. The molecular formula is C14H22ClNO3S. The molecule has 0 amide bonds. The molecule has 0 bridgehead atoms. The van der Waals surface area contributed by atoms with Crippen molar-refractivity contribution in [3.63, 3.8) is 0 Å². The lowest BCUT2D eigenvalue weighted by molar-refractivity contribution is 0.315. The van der Waals surface area contributed by atoms with E-state index >= 15 is 0 Å². The zero-order chi connectivity index (χ0) is 15.1. The highest BCUT2D eigenvalue weighted by atomic mass is 35.5. The summed E-state index contributed by atoms with van der Waals surface area (Å²) < 4.78 is 33.1. The van der Waals surface area contributed by atoms with Crippen LogP contribution in [-0.2, 0) is 15.9 Å². The van der Waals surface area contributed by atoms with E-state index in [1.165, 1.54) is 0 Å². The molecule has 0 aromatic carbocycles. The molecule has 2 heterocycles. The summed E-state index contributed by atoms with van der Waals surface area (Å²) in [5.74, 6) is 1.49. The van der Waals surface area contributed by atoms with Gasteiger partial charge in [0, 0.05) is 18.2 Å². The number of halogens is 1. The van der Waals surface area contributed by atoms with Crippen molar-refractivity contribution in [2.24, 2.45) is 5.92 Å². The number of nitrogens with zero attached hydrogens (tertiary/aromatic N) is 1. The van der Waals surface area contributed by atoms with Crippen LogP contribution in [0, 0.1) is 19.8 Å². The number of hydrogen-bond acceptors (Lipinski definition) is 3. The van der Waals surface area contributed by atoms with Crippen molar-refractivity contribution < 1.29 is 12.8 Å². The van der Waals surface area contributed by atoms with Crippen molar-refractivity contribution >= 4 is 21.6 Å². The lowest BCUT2D eigenvalue weighted by atomic mass is 10.0. The van der Waals surface area contributed by atoms with Crippen LogP contribution in [0.3, 0.4) is 0 Å². The maximum Gasteiger partial charge on any atom is 0.247 e. The summed E-state index contributed by atoms with van der Waals surface area (Å²) in [5.41, 5.74) is 0.596. The zero-order valence-electron chi connectivity index (χ0n) is 12.4. The van der Waals surface area contributed by atoms with Gasteiger partial charge in [0.1, 0.15) is 16.4 Å². The van der Waals surface area contributed by atoms with Gasteiger partial charge >= 0.3 is 0 Å². The Kier molecular flexibility index (Phi) is 4.52. The zero-order valence-corrected chi connectivity index (χ0v) is 14.0. The molecule has 1 aromatic heterocycles. The predicted molar refractivity (Wildman–Crippen MR) is 79.5 cm³/mol. The van der Waals surface area contributed by atoms with Gasteiger partial charge in [0.25, 0.3) is 0 Å². The molecule has 20 heavy (non-hydrogen) atoms. The van der Waals surface area contributed by atoms with E-state index in [0.717, 1.165) is 12.8 Å². The lowest BCUT2D eigenvalue weighted by Crippen LogP contribution is -2.38. The Morgan fingerprint density at radius 3 is 2.55 bits per heavy atom. The van der Waals surface area contributed by atoms with Crippen molar-refractivity contribution in [2.45, 2.75) is 57.4 Å². The van der Waals surface area contributed by atoms with E-state index in [1.54, 1.807) is 18.2 Å². The van der Waals surface area contributed by atoms with Crippen molar-refractivity contribution in [2.75, 3.05) is 6.54 Å². The van der Waals surface area contributed by atoms with Crippen LogP contribution >= 0.6 is 11.6 Å². The normalized spacial score (nSPS) is 21.0. The fourth-order valence-corrected chi connectivity index (χ4v) is 5.69. The highest BCUT2D eigenvalue weighted by molar-refractivity contribution is 7.89. The van der Waals surface area contributed by atoms with E-state index < -0.39 is 10.0 Å². The largest absolute Gasteiger partial charge is 0.465 e. The van der Waals surface area contributed by atoms with Crippen molar-refractivity contribution in [1.29, 1.82) is 0 Å². The first-order valence-corrected chi connectivity index (χ1v) is 8.94. The molecule has 1 aliphatic heterocycles. The molecule has 2 rings (SSSR count). The summed E-state index contributed by atoms with van der Waals surface area (Å²) in [4.78, 5) is 0.276. The third-order valence-corrected chi connectivity index (χ3v) is 6.43. The quantitative estimate of drug-likeness (QED) is 0.799. The first-order valence-electron chi connectivity index (χ1n) is 6.97. The van der Waals surface area contributed by atoms with Crippen LogP contribution in [0.5, 0.6) is 0 Å². The van der Waals surface area contributed by atoms with E-state index in [1.807, 2.05) is 0 Å². The van der Waals surface area contributed by atoms with E-state index in [9.17, 15) is 8.42 Å². The Balaban J connectivity index is 2.51. The minimum absolute atomic E-state index is 0.0674. The predicted octanol–water partition coefficient (Wildman–Crippen LogP) is 3.44. The van der Waals surface area contributed by atoms with Crippen molar-refractivity contribution in [3.05, 3.63) is 17.1 Å². The number of sulfonamides is 1. The second-order valence-electron chi connectivity index (χ2n) is 5.73. The molecule has 0 saturated carbocycles. The third kappa shape index (κ3) is 2.51. The third-order valence-electron chi connectivity index (χ3n) is 4.04. The molecule has 0 spiro atoms. The van der Waals surface area contributed by atoms with Crippen LogP contribution in [-0.4, -0.2) is 25.3 Å². The molecule has 0 aliphatic carbocycles. The standard InChI is InChI=1S/C14H22ClNO3S/c1-9(2)13-6-5-7-16(13)20(17,18)14-11(4)19-10(3)12(14)8-15/h9,13H,5-8H2,1-4H3. The van der Waals surface area contributed by atoms with Crippen LogP contribution in [0.25, 0.3) is 0 Å². The summed E-state index contributed by atoms with van der Waals surface area (Å²) in [6, 6.07) is 0.0674. The average molecular weight is 320 g/mol. The molecule has 0 N–H and O–H groups in total. The molecule has 1 fully saturated rings. The molecule has 1 unspecified atom stereocenters. The molecular weight excluding hydrogens is 298 g/mol. The van der Waals surface area contributed by atoms with Crippen LogP contribution in [0.2, 0.25) is 0 Å². The van der Waals surface area contributed by atoms with Gasteiger partial charge in [0.15, 0.2) is 0 Å². The van der Waals surface area contributed by atoms with E-state index in [-0.39, 0.29) is 16.8 Å². The maximum atomic E-state index is 13.0. The van der Waals surface area contributed by atoms with Gasteiger partial charge in [-0.1, -0.05) is 13.8 Å². The minimum Gasteiger partial charge on any atom is -0.465 e. The summed E-state index contributed by atoms with van der Waals surface area (Å²) in [6.45, 7) is 8.16. The summed E-state index contributed by atoms with van der Waals surface area (Å²) >= 11 is 5.92. The van der Waals surface area contributed by atoms with Crippen LogP contribution < -0.4 is 0 Å². The fraction of sp³-hybridized carbons (Fsp3) is 0.714. The minimum atomic E-state index is -3.53. The van der Waals surface area contributed by atoms with E-state index in [4.69, 9.17) is 16.0 Å². The van der Waals surface area contributed by atoms with Crippen LogP contribution in [0.15, 0.2) is 9.31 Å². The highest BCUT2D eigenvalue weighted by Crippen LogP contribution is 2.35. The van der Waals surface area contributed by atoms with Gasteiger partial charge in [-0.25, -0.2) is 8.42 Å². The van der Waals surface area contributed by atoms with E-state index in [0.29, 0.717) is 29.5 Å². The van der Waals surface area contributed by atoms with Crippen molar-refractivity contribution in [1.82, 2.24) is 4.31 Å². The molecule has 1 aromatic rings. The molecule has 114 valence electrons. The summed E-state index contributed by atoms with van der Waals surface area (Å²) in [7, 11) is -3.53. The Labute approximate surface area is 126 Å². The number of alkyl halides is 1. The Bertz CT molecular complexity index is 592. The summed E-state index contributed by atoms with van der Waals surface area (Å²) in [6.07, 6.45) is 1.83. The number of aryl methyl sites for hydroxylation is 2. The van der Waals surface area contributed by atoms with Gasteiger partial charge in [0.05, 0.1) is 5.88 Å². The Hall–Kier alpha value is -0.520. The van der Waals surface area contributed by atoms with Gasteiger partial charge in [-0.15, -0.1) is 11.6 Å². The molecule has 6 heteroatoms. The number of rotatable bonds is 4. The summed E-state index contributed by atoms with van der Waals surface area (Å²) in [5, 5.41) is 0. The van der Waals surface area contributed by atoms with Gasteiger partial charge in [-0.3, -0.25) is 0 Å². The molecule has 1 saturated heterocycles. The number of hydrogen-bond donors (Lipinski definition) is 0. The van der Waals surface area contributed by atoms with Crippen molar-refractivity contribution in [3.8, 4) is 0 Å². The molecule has 1 aliphatic rings. The SMILES string of the molecule is Cc1oc(C)c(S(=O)(=O)N2CCCC2C(C)C)c1CCl. The lowest BCUT2D eigenvalue weighted by Gasteiger charge is -2.27. The van der Waals surface area contributed by atoms with E-state index in [2.05, 4.69) is 13.8 Å². The second-order valence-corrected chi connectivity index (χ2v) is 7.82. The van der Waals surface area contributed by atoms with Gasteiger partial charge in [0.2, 0.25) is 10.0 Å². The molecule has 1 atom stereocenters. The molecule has 4 nitrogen and oxygen atoms in total. The second kappa shape index (κ2) is 5.70. The first kappa shape index (κ1) is 15.9. The van der Waals surface area contributed by atoms with Gasteiger partial charge < -0.3 is 4.42 Å². The van der Waals surface area contributed by atoms with Gasteiger partial charge in [-0.05, 0) is 32.6 Å². The van der Waals surface area contributed by atoms with Crippen LogP contribution in [0.4, 0.5) is 0 Å². The Morgan fingerprint density at radius 1 is 1.35 bits per heavy atom. The smallest absolute Gasteiger partial charge is 0.247 e. The topological polar surface area (TPSA) is 50.5 Å². The van der Waals surface area contributed by atoms with Gasteiger partial charge in [-0.2, -0.15) is 4.31 Å². The maximum absolute atomic E-state index is 13.0. The first-order chi connectivity index (χ1) is 9.30. The van der Waals surface area contributed by atoms with Crippen LogP contribution in [0.1, 0.15) is 43.8 Å². The Morgan fingerprint density at radius 2 is 2.00 bits per heavy atom. The number of furan rings is 1. The fourth-order valence-electron chi connectivity index (χ4n) is 3.05. The molecule has 0 radical (unpaired) electrons. The monoisotopic (exact) mass is 319 g/mol.